The molecule has 0 spiro atoms. The number of benzene rings is 2. The predicted molar refractivity (Wildman–Crippen MR) is 90.7 cm³/mol. The third-order valence-corrected chi connectivity index (χ3v) is 4.64. The van der Waals surface area contributed by atoms with E-state index in [0.29, 0.717) is 23.6 Å². The van der Waals surface area contributed by atoms with Gasteiger partial charge in [-0.1, -0.05) is 0 Å². The fourth-order valence-electron chi connectivity index (χ4n) is 2.19. The summed E-state index contributed by atoms with van der Waals surface area (Å²) in [5.41, 5.74) is 2.08. The van der Waals surface area contributed by atoms with Crippen LogP contribution in [0.5, 0.6) is 0 Å². The first kappa shape index (κ1) is 16.6. The Labute approximate surface area is 144 Å². The average molecular weight is 354 g/mol. The fourth-order valence-corrected chi connectivity index (χ4v) is 2.83. The maximum Gasteiger partial charge on any atom is 0.175 e. The monoisotopic (exact) mass is 354 g/mol. The number of nitrogens with one attached hydrogen (secondary N) is 1. The summed E-state index contributed by atoms with van der Waals surface area (Å²) in [7, 11) is -3.25. The molecule has 25 heavy (non-hydrogen) atoms. The van der Waals surface area contributed by atoms with Crippen LogP contribution < -0.4 is 5.32 Å². The maximum atomic E-state index is 11.5. The minimum Gasteiger partial charge on any atom is -0.378 e. The van der Waals surface area contributed by atoms with Crippen LogP contribution in [0.3, 0.4) is 0 Å². The van der Waals surface area contributed by atoms with E-state index in [9.17, 15) is 8.42 Å². The predicted octanol–water partition coefficient (Wildman–Crippen LogP) is 1.55. The lowest BCUT2D eigenvalue weighted by Gasteiger charge is -2.08. The highest BCUT2D eigenvalue weighted by atomic mass is 32.2. The Morgan fingerprint density at radius 1 is 1.12 bits per heavy atom. The Morgan fingerprint density at radius 3 is 2.40 bits per heavy atom. The van der Waals surface area contributed by atoms with E-state index >= 15 is 0 Å². The van der Waals surface area contributed by atoms with Crippen LogP contribution in [0.4, 0.5) is 5.69 Å². The highest BCUT2D eigenvalue weighted by Crippen LogP contribution is 2.15. The van der Waals surface area contributed by atoms with Gasteiger partial charge in [0, 0.05) is 11.9 Å². The zero-order chi connectivity index (χ0) is 17.9. The molecule has 126 valence electrons. The van der Waals surface area contributed by atoms with E-state index in [1.807, 2.05) is 0 Å². The SMILES string of the molecule is CS(=O)(=O)c1ccc(-n2nnnc2CNc2ccc(C#N)cc2)cc1. The lowest BCUT2D eigenvalue weighted by Crippen LogP contribution is -2.09. The van der Waals surface area contributed by atoms with Crippen LogP contribution in [-0.2, 0) is 16.4 Å². The van der Waals surface area contributed by atoms with E-state index in [1.54, 1.807) is 36.4 Å². The molecule has 0 aliphatic heterocycles. The van der Waals surface area contributed by atoms with Crippen LogP contribution in [0.25, 0.3) is 5.69 Å². The summed E-state index contributed by atoms with van der Waals surface area (Å²) in [5.74, 6) is 0.566. The van der Waals surface area contributed by atoms with Crippen LogP contribution in [-0.4, -0.2) is 34.9 Å². The second kappa shape index (κ2) is 6.70. The number of sulfone groups is 1. The maximum absolute atomic E-state index is 11.5. The minimum atomic E-state index is -3.25. The van der Waals surface area contributed by atoms with E-state index in [-0.39, 0.29) is 4.90 Å². The van der Waals surface area contributed by atoms with Crippen LogP contribution in [0.1, 0.15) is 11.4 Å². The van der Waals surface area contributed by atoms with Crippen LogP contribution in [0.2, 0.25) is 0 Å². The lowest BCUT2D eigenvalue weighted by atomic mass is 10.2. The molecule has 3 rings (SSSR count). The smallest absolute Gasteiger partial charge is 0.175 e. The highest BCUT2D eigenvalue weighted by Gasteiger charge is 2.11. The molecule has 0 atom stereocenters. The molecule has 0 aliphatic rings. The first-order valence-electron chi connectivity index (χ1n) is 7.29. The molecule has 0 unspecified atom stereocenters. The zero-order valence-corrected chi connectivity index (χ0v) is 14.1. The number of rotatable bonds is 5. The molecule has 3 aromatic rings. The van der Waals surface area contributed by atoms with Crippen LogP contribution >= 0.6 is 0 Å². The highest BCUT2D eigenvalue weighted by molar-refractivity contribution is 7.90. The normalized spacial score (nSPS) is 11.0. The summed E-state index contributed by atoms with van der Waals surface area (Å²) < 4.78 is 24.6. The van der Waals surface area contributed by atoms with Crippen LogP contribution in [0.15, 0.2) is 53.4 Å². The average Bonchev–Trinajstić information content (AvgIpc) is 3.08. The van der Waals surface area contributed by atoms with Crippen molar-refractivity contribution in [2.24, 2.45) is 0 Å². The van der Waals surface area contributed by atoms with E-state index < -0.39 is 9.84 Å². The molecule has 2 aromatic carbocycles. The van der Waals surface area contributed by atoms with Crippen molar-refractivity contribution < 1.29 is 8.42 Å². The fraction of sp³-hybridized carbons (Fsp3) is 0.125. The first-order chi connectivity index (χ1) is 12.0. The topological polar surface area (TPSA) is 114 Å². The second-order valence-corrected chi connectivity index (χ2v) is 7.33. The van der Waals surface area contributed by atoms with Crippen molar-refractivity contribution in [1.29, 1.82) is 5.26 Å². The largest absolute Gasteiger partial charge is 0.378 e. The first-order valence-corrected chi connectivity index (χ1v) is 9.18. The van der Waals surface area contributed by atoms with Gasteiger partial charge in [0.2, 0.25) is 0 Å². The quantitative estimate of drug-likeness (QED) is 0.739. The Morgan fingerprint density at radius 2 is 1.80 bits per heavy atom. The number of tetrazole rings is 1. The van der Waals surface area contributed by atoms with E-state index in [4.69, 9.17) is 5.26 Å². The Hall–Kier alpha value is -3.25. The standard InChI is InChI=1S/C16H14N6O2S/c1-25(23,24)15-8-6-14(7-9-15)22-16(19-20-21-22)11-18-13-4-2-12(10-17)3-5-13/h2-9,18H,11H2,1H3. The van der Waals surface area contributed by atoms with Gasteiger partial charge in [-0.3, -0.25) is 0 Å². The molecule has 1 aromatic heterocycles. The number of hydrogen-bond acceptors (Lipinski definition) is 7. The molecular weight excluding hydrogens is 340 g/mol. The third-order valence-electron chi connectivity index (χ3n) is 3.51. The zero-order valence-electron chi connectivity index (χ0n) is 13.3. The van der Waals surface area contributed by atoms with Gasteiger partial charge in [0.25, 0.3) is 0 Å². The summed E-state index contributed by atoms with van der Waals surface area (Å²) >= 11 is 0. The van der Waals surface area contributed by atoms with E-state index in [0.717, 1.165) is 11.9 Å². The molecule has 0 radical (unpaired) electrons. The summed E-state index contributed by atoms with van der Waals surface area (Å²) in [4.78, 5) is 0.238. The third kappa shape index (κ3) is 3.81. The number of anilines is 1. The van der Waals surface area contributed by atoms with Gasteiger partial charge in [0.05, 0.1) is 28.8 Å². The number of hydrogen-bond donors (Lipinski definition) is 1. The summed E-state index contributed by atoms with van der Waals surface area (Å²) in [6, 6.07) is 15.4. The van der Waals surface area contributed by atoms with Gasteiger partial charge in [0.1, 0.15) is 0 Å². The van der Waals surface area contributed by atoms with Crippen molar-refractivity contribution >= 4 is 15.5 Å². The van der Waals surface area contributed by atoms with Gasteiger partial charge in [-0.25, -0.2) is 8.42 Å². The molecule has 0 bridgehead atoms. The molecule has 0 saturated carbocycles. The number of nitriles is 1. The molecule has 0 aliphatic carbocycles. The second-order valence-electron chi connectivity index (χ2n) is 5.32. The Bertz CT molecular complexity index is 1020. The molecule has 0 amide bonds. The number of aromatic nitrogens is 4. The van der Waals surface area contributed by atoms with Crippen molar-refractivity contribution in [2.75, 3.05) is 11.6 Å². The van der Waals surface area contributed by atoms with Crippen molar-refractivity contribution in [3.8, 4) is 11.8 Å². The molecule has 1 N–H and O–H groups in total. The van der Waals surface area contributed by atoms with Crippen molar-refractivity contribution in [2.45, 2.75) is 11.4 Å². The lowest BCUT2D eigenvalue weighted by molar-refractivity contribution is 0.602. The molecule has 1 heterocycles. The summed E-state index contributed by atoms with van der Waals surface area (Å²) in [5, 5.41) is 23.6. The van der Waals surface area contributed by atoms with Gasteiger partial charge in [-0.05, 0) is 59.0 Å². The van der Waals surface area contributed by atoms with Gasteiger partial charge in [-0.15, -0.1) is 5.10 Å². The molecule has 8 nitrogen and oxygen atoms in total. The van der Waals surface area contributed by atoms with Gasteiger partial charge in [0.15, 0.2) is 15.7 Å². The van der Waals surface area contributed by atoms with E-state index in [2.05, 4.69) is 26.9 Å². The summed E-state index contributed by atoms with van der Waals surface area (Å²) in [6.07, 6.45) is 1.16. The van der Waals surface area contributed by atoms with Crippen LogP contribution in [0, 0.1) is 11.3 Å². The van der Waals surface area contributed by atoms with Crippen molar-refractivity contribution in [3.63, 3.8) is 0 Å². The number of nitrogens with zero attached hydrogens (tertiary/aromatic N) is 5. The van der Waals surface area contributed by atoms with Crippen molar-refractivity contribution in [3.05, 3.63) is 59.9 Å². The Kier molecular flexibility index (Phi) is 4.45. The van der Waals surface area contributed by atoms with Gasteiger partial charge in [-0.2, -0.15) is 9.94 Å². The van der Waals surface area contributed by atoms with Crippen molar-refractivity contribution in [1.82, 2.24) is 20.2 Å². The minimum absolute atomic E-state index is 0.238. The van der Waals surface area contributed by atoms with E-state index in [1.165, 1.54) is 16.8 Å². The molecule has 9 heteroatoms. The molecular formula is C16H14N6O2S. The molecule has 0 saturated heterocycles. The van der Waals surface area contributed by atoms with Gasteiger partial charge >= 0.3 is 0 Å². The molecule has 0 fully saturated rings. The summed E-state index contributed by atoms with van der Waals surface area (Å²) in [6.45, 7) is 0.368. The Balaban J connectivity index is 1.77. The van der Waals surface area contributed by atoms with Gasteiger partial charge < -0.3 is 5.32 Å².